The molecule has 1 saturated carbocycles. The number of imidazole rings is 1. The Morgan fingerprint density at radius 3 is 3.06 bits per heavy atom. The van der Waals surface area contributed by atoms with E-state index < -0.39 is 0 Å². The van der Waals surface area contributed by atoms with Crippen LogP contribution in [0, 0.1) is 11.8 Å². The molecule has 1 aromatic rings. The molecule has 0 aromatic carbocycles. The van der Waals surface area contributed by atoms with Gasteiger partial charge in [0.25, 0.3) is 0 Å². The van der Waals surface area contributed by atoms with Crippen LogP contribution >= 0.6 is 0 Å². The van der Waals surface area contributed by atoms with Crippen LogP contribution in [0.4, 0.5) is 0 Å². The van der Waals surface area contributed by atoms with E-state index in [1.165, 1.54) is 32.1 Å². The van der Waals surface area contributed by atoms with Crippen molar-refractivity contribution in [3.05, 3.63) is 18.2 Å². The molecule has 0 bridgehead atoms. The Morgan fingerprint density at radius 1 is 1.53 bits per heavy atom. The lowest BCUT2D eigenvalue weighted by Gasteiger charge is -2.32. The van der Waals surface area contributed by atoms with E-state index in [0.717, 1.165) is 24.2 Å². The number of aromatic nitrogens is 2. The van der Waals surface area contributed by atoms with Gasteiger partial charge in [-0.05, 0) is 37.6 Å². The first-order valence-corrected chi connectivity index (χ1v) is 7.04. The number of H-pyrrole nitrogens is 1. The summed E-state index contributed by atoms with van der Waals surface area (Å²) in [5.74, 6) is 2.74. The minimum atomic E-state index is 0.424. The molecule has 3 unspecified atom stereocenters. The molecule has 1 aliphatic carbocycles. The largest absolute Gasteiger partial charge is 0.347 e. The minimum absolute atomic E-state index is 0.424. The van der Waals surface area contributed by atoms with Gasteiger partial charge in [-0.25, -0.2) is 4.98 Å². The Bertz CT molecular complexity index is 307. The third-order valence-electron chi connectivity index (χ3n) is 3.88. The molecule has 0 aliphatic heterocycles. The summed E-state index contributed by atoms with van der Waals surface area (Å²) in [7, 11) is 0. The van der Waals surface area contributed by atoms with Crippen LogP contribution in [0.1, 0.15) is 57.8 Å². The zero-order chi connectivity index (χ0) is 12.1. The summed E-state index contributed by atoms with van der Waals surface area (Å²) in [6, 6.07) is 0.424. The molecule has 3 heteroatoms. The summed E-state index contributed by atoms with van der Waals surface area (Å²) < 4.78 is 0. The van der Waals surface area contributed by atoms with E-state index in [1.807, 2.05) is 12.4 Å². The Kier molecular flexibility index (Phi) is 4.60. The number of nitrogens with one attached hydrogen (secondary N) is 2. The number of nitrogens with zero attached hydrogens (tertiary/aromatic N) is 1. The Morgan fingerprint density at radius 2 is 2.41 bits per heavy atom. The van der Waals surface area contributed by atoms with E-state index in [4.69, 9.17) is 0 Å². The maximum Gasteiger partial charge on any atom is 0.123 e. The van der Waals surface area contributed by atoms with Crippen molar-refractivity contribution in [2.24, 2.45) is 11.8 Å². The molecular formula is C14H25N3. The maximum atomic E-state index is 4.45. The second-order valence-electron chi connectivity index (χ2n) is 5.44. The molecule has 3 atom stereocenters. The summed E-state index contributed by atoms with van der Waals surface area (Å²) in [5, 5.41) is 3.67. The molecule has 0 spiro atoms. The van der Waals surface area contributed by atoms with Crippen molar-refractivity contribution < 1.29 is 0 Å². The molecule has 0 radical (unpaired) electrons. The van der Waals surface area contributed by atoms with Gasteiger partial charge < -0.3 is 10.3 Å². The second kappa shape index (κ2) is 6.20. The van der Waals surface area contributed by atoms with E-state index in [1.54, 1.807) is 0 Å². The zero-order valence-electron chi connectivity index (χ0n) is 11.1. The molecule has 1 heterocycles. The van der Waals surface area contributed by atoms with Crippen LogP contribution in [0.3, 0.4) is 0 Å². The first kappa shape index (κ1) is 12.6. The maximum absolute atomic E-state index is 4.45. The normalized spacial score (nSPS) is 26.9. The Labute approximate surface area is 104 Å². The van der Waals surface area contributed by atoms with Gasteiger partial charge in [0.15, 0.2) is 0 Å². The van der Waals surface area contributed by atoms with Crippen molar-refractivity contribution in [1.82, 2.24) is 15.3 Å². The van der Waals surface area contributed by atoms with Gasteiger partial charge in [0, 0.05) is 12.4 Å². The highest BCUT2D eigenvalue weighted by molar-refractivity contribution is 4.99. The van der Waals surface area contributed by atoms with Crippen LogP contribution in [-0.4, -0.2) is 16.5 Å². The van der Waals surface area contributed by atoms with Crippen LogP contribution < -0.4 is 5.32 Å². The molecule has 2 N–H and O–H groups in total. The fraction of sp³-hybridized carbons (Fsp3) is 0.786. The second-order valence-corrected chi connectivity index (χ2v) is 5.44. The minimum Gasteiger partial charge on any atom is -0.347 e. The molecular weight excluding hydrogens is 210 g/mol. The smallest absolute Gasteiger partial charge is 0.123 e. The Hall–Kier alpha value is -0.830. The topological polar surface area (TPSA) is 40.7 Å². The molecule has 2 rings (SSSR count). The van der Waals surface area contributed by atoms with Crippen molar-refractivity contribution in [3.63, 3.8) is 0 Å². The average Bonchev–Trinajstić information content (AvgIpc) is 2.83. The number of hydrogen-bond acceptors (Lipinski definition) is 2. The quantitative estimate of drug-likeness (QED) is 0.822. The van der Waals surface area contributed by atoms with Gasteiger partial charge in [-0.3, -0.25) is 0 Å². The van der Waals surface area contributed by atoms with Crippen molar-refractivity contribution in [2.75, 3.05) is 6.54 Å². The number of aromatic amines is 1. The van der Waals surface area contributed by atoms with E-state index in [-0.39, 0.29) is 0 Å². The van der Waals surface area contributed by atoms with Gasteiger partial charge >= 0.3 is 0 Å². The predicted molar refractivity (Wildman–Crippen MR) is 70.7 cm³/mol. The highest BCUT2D eigenvalue weighted by Crippen LogP contribution is 2.36. The van der Waals surface area contributed by atoms with Crippen LogP contribution in [-0.2, 0) is 0 Å². The van der Waals surface area contributed by atoms with Gasteiger partial charge in [-0.1, -0.05) is 26.7 Å². The van der Waals surface area contributed by atoms with E-state index in [0.29, 0.717) is 6.04 Å². The summed E-state index contributed by atoms with van der Waals surface area (Å²) >= 11 is 0. The highest BCUT2D eigenvalue weighted by Gasteiger charge is 2.28. The lowest BCUT2D eigenvalue weighted by Crippen LogP contribution is -2.32. The van der Waals surface area contributed by atoms with Gasteiger partial charge in [-0.2, -0.15) is 0 Å². The van der Waals surface area contributed by atoms with Crippen molar-refractivity contribution in [1.29, 1.82) is 0 Å². The van der Waals surface area contributed by atoms with Crippen molar-refractivity contribution in [2.45, 2.75) is 52.0 Å². The van der Waals surface area contributed by atoms with E-state index in [2.05, 4.69) is 29.1 Å². The number of hydrogen-bond donors (Lipinski definition) is 2. The van der Waals surface area contributed by atoms with Gasteiger partial charge in [0.05, 0.1) is 6.04 Å². The fourth-order valence-electron chi connectivity index (χ4n) is 3.02. The SMILES string of the molecule is CCCNC(c1ncc[nH]1)C1CCCC(C)C1. The fourth-order valence-corrected chi connectivity index (χ4v) is 3.02. The Balaban J connectivity index is 2.03. The first-order valence-electron chi connectivity index (χ1n) is 7.04. The zero-order valence-corrected chi connectivity index (χ0v) is 11.1. The lowest BCUT2D eigenvalue weighted by atomic mass is 9.78. The van der Waals surface area contributed by atoms with Crippen LogP contribution in [0.2, 0.25) is 0 Å². The average molecular weight is 235 g/mol. The predicted octanol–water partition coefficient (Wildman–Crippen LogP) is 3.28. The molecule has 1 fully saturated rings. The molecule has 1 aliphatic rings. The van der Waals surface area contributed by atoms with Gasteiger partial charge in [0.2, 0.25) is 0 Å². The summed E-state index contributed by atoms with van der Waals surface area (Å²) in [4.78, 5) is 7.74. The number of rotatable bonds is 5. The molecule has 0 saturated heterocycles. The first-order chi connectivity index (χ1) is 8.31. The van der Waals surface area contributed by atoms with Gasteiger partial charge in [-0.15, -0.1) is 0 Å². The van der Waals surface area contributed by atoms with Gasteiger partial charge in [0.1, 0.15) is 5.82 Å². The monoisotopic (exact) mass is 235 g/mol. The summed E-state index contributed by atoms with van der Waals surface area (Å²) in [6.45, 7) is 5.68. The van der Waals surface area contributed by atoms with Crippen molar-refractivity contribution in [3.8, 4) is 0 Å². The van der Waals surface area contributed by atoms with E-state index >= 15 is 0 Å². The molecule has 3 nitrogen and oxygen atoms in total. The highest BCUT2D eigenvalue weighted by atomic mass is 15.0. The third-order valence-corrected chi connectivity index (χ3v) is 3.88. The molecule has 1 aromatic heterocycles. The van der Waals surface area contributed by atoms with Crippen LogP contribution in [0.15, 0.2) is 12.4 Å². The third kappa shape index (κ3) is 3.32. The molecule has 96 valence electrons. The summed E-state index contributed by atoms with van der Waals surface area (Å²) in [5.41, 5.74) is 0. The molecule has 17 heavy (non-hydrogen) atoms. The van der Waals surface area contributed by atoms with Crippen LogP contribution in [0.25, 0.3) is 0 Å². The standard InChI is InChI=1S/C14H25N3/c1-3-7-15-13(14-16-8-9-17-14)12-6-4-5-11(2)10-12/h8-9,11-13,15H,3-7,10H2,1-2H3,(H,16,17). The van der Waals surface area contributed by atoms with E-state index in [9.17, 15) is 0 Å². The summed E-state index contributed by atoms with van der Waals surface area (Å²) in [6.07, 6.45) is 10.4. The molecule has 0 amide bonds. The van der Waals surface area contributed by atoms with Crippen molar-refractivity contribution >= 4 is 0 Å². The van der Waals surface area contributed by atoms with Crippen LogP contribution in [0.5, 0.6) is 0 Å². The lowest BCUT2D eigenvalue weighted by molar-refractivity contribution is 0.218.